The number of imidazole rings is 1. The second-order valence-electron chi connectivity index (χ2n) is 13.2. The quantitative estimate of drug-likeness (QED) is 0.0690. The van der Waals surface area contributed by atoms with Crippen molar-refractivity contribution in [2.45, 2.75) is 168 Å². The summed E-state index contributed by atoms with van der Waals surface area (Å²) < 4.78 is 5.26. The topological polar surface area (TPSA) is 8.81 Å². The zero-order valence-electron chi connectivity index (χ0n) is 28.4. The Balaban J connectivity index is 1.40. The molecule has 0 spiro atoms. The van der Waals surface area contributed by atoms with Crippen molar-refractivity contribution in [3.8, 4) is 0 Å². The molecule has 1 unspecified atom stereocenters. The Labute approximate surface area is 266 Å². The van der Waals surface area contributed by atoms with Crippen LogP contribution in [0.1, 0.15) is 165 Å². The second-order valence-corrected chi connectivity index (χ2v) is 13.2. The average Bonchev–Trinajstić information content (AvgIpc) is 3.34. The predicted octanol–water partition coefficient (Wildman–Crippen LogP) is 11.8. The Bertz CT molecular complexity index is 1070. The summed E-state index contributed by atoms with van der Waals surface area (Å²) in [6, 6.07) is 22.1. The van der Waals surface area contributed by atoms with Gasteiger partial charge in [0.15, 0.2) is 0 Å². The highest BCUT2D eigenvalue weighted by molar-refractivity contribution is 5.22. The summed E-state index contributed by atoms with van der Waals surface area (Å²) in [4.78, 5) is 0. The molecule has 1 heterocycles. The summed E-state index contributed by atoms with van der Waals surface area (Å²) in [5.74, 6) is 2.00. The van der Waals surface area contributed by atoms with Crippen LogP contribution in [0, 0.1) is 0 Å². The normalized spacial score (nSPS) is 12.2. The van der Waals surface area contributed by atoms with Crippen LogP contribution in [0.5, 0.6) is 0 Å². The molecule has 43 heavy (non-hydrogen) atoms. The van der Waals surface area contributed by atoms with Gasteiger partial charge in [0, 0.05) is 6.42 Å². The van der Waals surface area contributed by atoms with Crippen LogP contribution >= 0.6 is 0 Å². The van der Waals surface area contributed by atoms with Gasteiger partial charge in [0.05, 0.1) is 19.5 Å². The standard InChI is InChI=1S/C41H65N2/c1-4-6-7-8-9-10-11-12-13-14-15-16-17-18-19-20-27-33-42-36-40(34-37(3)39-30-25-22-26-31-39)43(32-5-2)41(42)35-38-28-23-21-24-29-38/h21-26,28-31,36-37H,4-20,27,32-35H2,1-3H3/q+1. The molecule has 1 atom stereocenters. The van der Waals surface area contributed by atoms with E-state index in [0.29, 0.717) is 5.92 Å². The van der Waals surface area contributed by atoms with Gasteiger partial charge in [0.1, 0.15) is 11.9 Å². The van der Waals surface area contributed by atoms with Crippen molar-refractivity contribution in [1.29, 1.82) is 0 Å². The van der Waals surface area contributed by atoms with E-state index in [1.54, 1.807) is 0 Å². The largest absolute Gasteiger partial charge is 0.261 e. The number of unbranched alkanes of at least 4 members (excludes halogenated alkanes) is 16. The van der Waals surface area contributed by atoms with Gasteiger partial charge in [-0.05, 0) is 36.3 Å². The van der Waals surface area contributed by atoms with Gasteiger partial charge in [-0.1, -0.05) is 178 Å². The molecule has 0 fully saturated rings. The minimum atomic E-state index is 0.519. The lowest BCUT2D eigenvalue weighted by molar-refractivity contribution is -0.704. The Morgan fingerprint density at radius 1 is 0.581 bits per heavy atom. The van der Waals surface area contributed by atoms with E-state index in [4.69, 9.17) is 0 Å². The number of hydrogen-bond donors (Lipinski definition) is 0. The maximum absolute atomic E-state index is 2.65. The molecule has 1 aromatic heterocycles. The van der Waals surface area contributed by atoms with Gasteiger partial charge in [-0.15, -0.1) is 0 Å². The van der Waals surface area contributed by atoms with Gasteiger partial charge >= 0.3 is 0 Å². The zero-order chi connectivity index (χ0) is 30.4. The van der Waals surface area contributed by atoms with Gasteiger partial charge in [0.25, 0.3) is 5.82 Å². The molecule has 0 radical (unpaired) electrons. The van der Waals surface area contributed by atoms with E-state index in [-0.39, 0.29) is 0 Å². The van der Waals surface area contributed by atoms with E-state index in [2.05, 4.69) is 96.8 Å². The van der Waals surface area contributed by atoms with Crippen LogP contribution in [0.2, 0.25) is 0 Å². The number of benzene rings is 2. The van der Waals surface area contributed by atoms with Crippen LogP contribution in [-0.4, -0.2) is 4.57 Å². The van der Waals surface area contributed by atoms with E-state index in [9.17, 15) is 0 Å². The van der Waals surface area contributed by atoms with Crippen molar-refractivity contribution >= 4 is 0 Å². The molecule has 0 bridgehead atoms. The summed E-state index contributed by atoms with van der Waals surface area (Å²) in [6.45, 7) is 9.25. The molecule has 2 heteroatoms. The molecule has 3 rings (SSSR count). The second kappa shape index (κ2) is 22.2. The van der Waals surface area contributed by atoms with E-state index in [0.717, 1.165) is 25.9 Å². The van der Waals surface area contributed by atoms with Crippen LogP contribution in [0.25, 0.3) is 0 Å². The van der Waals surface area contributed by atoms with Crippen molar-refractivity contribution in [3.63, 3.8) is 0 Å². The molecule has 3 aromatic rings. The Morgan fingerprint density at radius 3 is 1.58 bits per heavy atom. The van der Waals surface area contributed by atoms with E-state index >= 15 is 0 Å². The molecule has 2 nitrogen and oxygen atoms in total. The molecule has 0 amide bonds. The van der Waals surface area contributed by atoms with Crippen LogP contribution < -0.4 is 4.57 Å². The first-order valence-electron chi connectivity index (χ1n) is 18.4. The van der Waals surface area contributed by atoms with Crippen molar-refractivity contribution in [2.24, 2.45) is 0 Å². The molecular weight excluding hydrogens is 520 g/mol. The SMILES string of the molecule is CCCCCCCCCCCCCCCCCCC[n+]1cc(CC(C)c2ccccc2)n(CCC)c1Cc1ccccc1. The Morgan fingerprint density at radius 2 is 1.07 bits per heavy atom. The third kappa shape index (κ3) is 13.9. The number of aryl methyl sites for hydroxylation is 1. The third-order valence-corrected chi connectivity index (χ3v) is 9.33. The molecule has 0 saturated heterocycles. The summed E-state index contributed by atoms with van der Waals surface area (Å²) in [5.41, 5.74) is 4.35. The highest BCUT2D eigenvalue weighted by atomic mass is 15.2. The lowest BCUT2D eigenvalue weighted by Crippen LogP contribution is -2.37. The molecule has 0 saturated carbocycles. The molecule has 0 aliphatic carbocycles. The minimum Gasteiger partial charge on any atom is -0.234 e. The van der Waals surface area contributed by atoms with E-state index in [1.165, 1.54) is 138 Å². The monoisotopic (exact) mass is 586 g/mol. The van der Waals surface area contributed by atoms with Crippen LogP contribution in [-0.2, 0) is 25.9 Å². The van der Waals surface area contributed by atoms with Crippen molar-refractivity contribution in [2.75, 3.05) is 0 Å². The molecular formula is C41H65N2+. The molecule has 0 N–H and O–H groups in total. The molecule has 0 aliphatic heterocycles. The first-order valence-corrected chi connectivity index (χ1v) is 18.4. The van der Waals surface area contributed by atoms with Crippen molar-refractivity contribution in [3.05, 3.63) is 89.5 Å². The van der Waals surface area contributed by atoms with Gasteiger partial charge in [-0.2, -0.15) is 0 Å². The van der Waals surface area contributed by atoms with Gasteiger partial charge in [0.2, 0.25) is 0 Å². The number of nitrogens with zero attached hydrogens (tertiary/aromatic N) is 2. The first-order chi connectivity index (χ1) is 21.2. The highest BCUT2D eigenvalue weighted by Gasteiger charge is 2.24. The number of aromatic nitrogens is 2. The molecule has 2 aromatic carbocycles. The van der Waals surface area contributed by atoms with Crippen molar-refractivity contribution in [1.82, 2.24) is 4.57 Å². The highest BCUT2D eigenvalue weighted by Crippen LogP contribution is 2.22. The third-order valence-electron chi connectivity index (χ3n) is 9.33. The fraction of sp³-hybridized carbons (Fsp3) is 0.634. The maximum Gasteiger partial charge on any atom is 0.261 e. The minimum absolute atomic E-state index is 0.519. The van der Waals surface area contributed by atoms with Gasteiger partial charge in [-0.3, -0.25) is 0 Å². The maximum atomic E-state index is 2.65. The summed E-state index contributed by atoms with van der Waals surface area (Å²) in [6.07, 6.45) is 30.0. The lowest BCUT2D eigenvalue weighted by Gasteiger charge is -2.11. The number of rotatable bonds is 25. The fourth-order valence-corrected chi connectivity index (χ4v) is 6.69. The Hall–Kier alpha value is -2.35. The summed E-state index contributed by atoms with van der Waals surface area (Å²) >= 11 is 0. The predicted molar refractivity (Wildman–Crippen MR) is 187 cm³/mol. The summed E-state index contributed by atoms with van der Waals surface area (Å²) in [7, 11) is 0. The van der Waals surface area contributed by atoms with E-state index in [1.807, 2.05) is 0 Å². The number of hydrogen-bond acceptors (Lipinski definition) is 0. The summed E-state index contributed by atoms with van der Waals surface area (Å²) in [5, 5.41) is 0. The first kappa shape index (κ1) is 35.1. The van der Waals surface area contributed by atoms with Crippen LogP contribution in [0.15, 0.2) is 66.9 Å². The van der Waals surface area contributed by atoms with Crippen LogP contribution in [0.3, 0.4) is 0 Å². The van der Waals surface area contributed by atoms with Gasteiger partial charge in [-0.25, -0.2) is 9.13 Å². The van der Waals surface area contributed by atoms with Crippen LogP contribution in [0.4, 0.5) is 0 Å². The lowest BCUT2D eigenvalue weighted by atomic mass is 9.96. The smallest absolute Gasteiger partial charge is 0.234 e. The van der Waals surface area contributed by atoms with Gasteiger partial charge < -0.3 is 0 Å². The molecule has 238 valence electrons. The Kier molecular flexibility index (Phi) is 18.1. The van der Waals surface area contributed by atoms with Crippen molar-refractivity contribution < 1.29 is 4.57 Å². The molecule has 0 aliphatic rings. The zero-order valence-corrected chi connectivity index (χ0v) is 28.4. The van der Waals surface area contributed by atoms with E-state index < -0.39 is 0 Å². The fourth-order valence-electron chi connectivity index (χ4n) is 6.69. The average molecular weight is 586 g/mol.